The first kappa shape index (κ1) is 14.5. The molecule has 0 aliphatic carbocycles. The van der Waals surface area contributed by atoms with E-state index in [-0.39, 0.29) is 11.2 Å². The van der Waals surface area contributed by atoms with Crippen LogP contribution >= 0.6 is 0 Å². The summed E-state index contributed by atoms with van der Waals surface area (Å²) in [6, 6.07) is 16.4. The summed E-state index contributed by atoms with van der Waals surface area (Å²) in [6.45, 7) is 3.17. The molecule has 0 spiro atoms. The molecule has 2 aromatic carbocycles. The summed E-state index contributed by atoms with van der Waals surface area (Å²) in [5, 5.41) is 0. The van der Waals surface area contributed by atoms with Gasteiger partial charge in [0, 0.05) is 18.0 Å². The minimum absolute atomic E-state index is 0.130. The minimum Gasteiger partial charge on any atom is -0.493 e. The lowest BCUT2D eigenvalue weighted by atomic mass is 9.80. The fourth-order valence-electron chi connectivity index (χ4n) is 2.16. The minimum atomic E-state index is -0.285. The number of benzene rings is 2. The van der Waals surface area contributed by atoms with Crippen LogP contribution in [0.4, 0.5) is 4.39 Å². The van der Waals surface area contributed by atoms with Crippen molar-refractivity contribution in [3.63, 3.8) is 0 Å². The Bertz CT molecular complexity index is 544. The van der Waals surface area contributed by atoms with Crippen molar-refractivity contribution < 1.29 is 9.13 Å². The number of ether oxygens (including phenoxy) is 1. The van der Waals surface area contributed by atoms with Crippen molar-refractivity contribution in [1.82, 2.24) is 0 Å². The van der Waals surface area contributed by atoms with Crippen molar-refractivity contribution in [1.29, 1.82) is 0 Å². The molecule has 2 aromatic rings. The van der Waals surface area contributed by atoms with Crippen LogP contribution < -0.4 is 10.5 Å². The summed E-state index contributed by atoms with van der Waals surface area (Å²) in [6.07, 6.45) is 0.782. The molecule has 0 heterocycles. The smallest absolute Gasteiger partial charge is 0.126 e. The largest absolute Gasteiger partial charge is 0.493 e. The molecule has 106 valence electrons. The van der Waals surface area contributed by atoms with Crippen molar-refractivity contribution in [3.8, 4) is 5.75 Å². The van der Waals surface area contributed by atoms with Crippen molar-refractivity contribution in [2.75, 3.05) is 13.2 Å². The van der Waals surface area contributed by atoms with Gasteiger partial charge in [-0.15, -0.1) is 0 Å². The quantitative estimate of drug-likeness (QED) is 0.874. The van der Waals surface area contributed by atoms with Crippen LogP contribution in [0.1, 0.15) is 18.9 Å². The Labute approximate surface area is 119 Å². The van der Waals surface area contributed by atoms with Crippen molar-refractivity contribution >= 4 is 0 Å². The number of nitrogens with two attached hydrogens (primary N) is 1. The molecule has 0 amide bonds. The van der Waals surface area contributed by atoms with E-state index in [0.29, 0.717) is 18.9 Å². The molecule has 1 atom stereocenters. The van der Waals surface area contributed by atoms with E-state index in [2.05, 4.69) is 19.1 Å². The topological polar surface area (TPSA) is 35.2 Å². The van der Waals surface area contributed by atoms with Gasteiger partial charge in [0.2, 0.25) is 0 Å². The molecule has 3 heteroatoms. The van der Waals surface area contributed by atoms with Gasteiger partial charge in [-0.1, -0.05) is 43.3 Å². The van der Waals surface area contributed by atoms with Crippen LogP contribution in [0.5, 0.6) is 5.75 Å². The lowest BCUT2D eigenvalue weighted by Crippen LogP contribution is -2.33. The maximum atomic E-state index is 13.1. The molecule has 0 aromatic heterocycles. The van der Waals surface area contributed by atoms with E-state index < -0.39 is 0 Å². The molecule has 0 saturated carbocycles. The van der Waals surface area contributed by atoms with E-state index in [4.69, 9.17) is 10.5 Å². The Kier molecular flexibility index (Phi) is 4.74. The van der Waals surface area contributed by atoms with Crippen LogP contribution in [0, 0.1) is 5.82 Å². The van der Waals surface area contributed by atoms with Gasteiger partial charge in [0.1, 0.15) is 11.6 Å². The second-order valence-electron chi connectivity index (χ2n) is 5.19. The van der Waals surface area contributed by atoms with E-state index in [1.807, 2.05) is 18.2 Å². The van der Waals surface area contributed by atoms with Gasteiger partial charge in [-0.3, -0.25) is 0 Å². The van der Waals surface area contributed by atoms with E-state index in [1.54, 1.807) is 12.1 Å². The molecule has 0 aliphatic rings. The number of hydrogen-bond donors (Lipinski definition) is 1. The Morgan fingerprint density at radius 3 is 2.50 bits per heavy atom. The van der Waals surface area contributed by atoms with Crippen molar-refractivity contribution in [2.24, 2.45) is 5.73 Å². The van der Waals surface area contributed by atoms with Crippen LogP contribution in [-0.4, -0.2) is 13.2 Å². The lowest BCUT2D eigenvalue weighted by Gasteiger charge is -2.28. The maximum Gasteiger partial charge on any atom is 0.126 e. The summed E-state index contributed by atoms with van der Waals surface area (Å²) in [5.74, 6) is 0.268. The molecule has 0 aliphatic heterocycles. The van der Waals surface area contributed by atoms with E-state index in [0.717, 1.165) is 6.42 Å². The van der Waals surface area contributed by atoms with Gasteiger partial charge >= 0.3 is 0 Å². The van der Waals surface area contributed by atoms with Gasteiger partial charge in [0.05, 0.1) is 6.61 Å². The molecular formula is C17H20FNO. The Morgan fingerprint density at radius 1 is 1.10 bits per heavy atom. The summed E-state index contributed by atoms with van der Waals surface area (Å²) in [7, 11) is 0. The molecule has 0 saturated heterocycles. The van der Waals surface area contributed by atoms with E-state index in [1.165, 1.54) is 17.7 Å². The van der Waals surface area contributed by atoms with Crippen LogP contribution in [0.2, 0.25) is 0 Å². The average molecular weight is 273 g/mol. The zero-order chi connectivity index (χ0) is 14.4. The maximum absolute atomic E-state index is 13.1. The molecule has 0 bridgehead atoms. The second-order valence-corrected chi connectivity index (χ2v) is 5.19. The predicted molar refractivity (Wildman–Crippen MR) is 79.4 cm³/mol. The van der Waals surface area contributed by atoms with Gasteiger partial charge < -0.3 is 10.5 Å². The van der Waals surface area contributed by atoms with Crippen LogP contribution in [-0.2, 0) is 5.41 Å². The van der Waals surface area contributed by atoms with Gasteiger partial charge in [-0.2, -0.15) is 0 Å². The first-order valence-corrected chi connectivity index (χ1v) is 6.78. The molecule has 2 rings (SSSR count). The average Bonchev–Trinajstić information content (AvgIpc) is 2.48. The highest BCUT2D eigenvalue weighted by Gasteiger charge is 2.24. The fraction of sp³-hybridized carbons (Fsp3) is 0.294. The monoisotopic (exact) mass is 273 g/mol. The molecule has 1 unspecified atom stereocenters. The Morgan fingerprint density at radius 2 is 1.85 bits per heavy atom. The van der Waals surface area contributed by atoms with Crippen molar-refractivity contribution in [3.05, 3.63) is 66.0 Å². The molecule has 2 nitrogen and oxygen atoms in total. The number of rotatable bonds is 6. The van der Waals surface area contributed by atoms with Gasteiger partial charge in [0.25, 0.3) is 0 Å². The first-order chi connectivity index (χ1) is 9.64. The predicted octanol–water partition coefficient (Wildman–Crippen LogP) is 3.51. The fourth-order valence-corrected chi connectivity index (χ4v) is 2.16. The molecule has 20 heavy (non-hydrogen) atoms. The zero-order valence-electron chi connectivity index (χ0n) is 11.7. The van der Waals surface area contributed by atoms with Crippen LogP contribution in [0.3, 0.4) is 0 Å². The third-order valence-corrected chi connectivity index (χ3v) is 3.64. The van der Waals surface area contributed by atoms with Crippen molar-refractivity contribution in [2.45, 2.75) is 18.8 Å². The highest BCUT2D eigenvalue weighted by Crippen LogP contribution is 2.26. The van der Waals surface area contributed by atoms with Gasteiger partial charge in [-0.05, 0) is 24.1 Å². The SMILES string of the molecule is CC(CN)(CCOc1cccc(F)c1)c1ccccc1. The number of hydrogen-bond acceptors (Lipinski definition) is 2. The third-order valence-electron chi connectivity index (χ3n) is 3.64. The standard InChI is InChI=1S/C17H20FNO/c1-17(13-19,14-6-3-2-4-7-14)10-11-20-16-9-5-8-15(18)12-16/h2-9,12H,10-11,13,19H2,1H3. The first-order valence-electron chi connectivity index (χ1n) is 6.78. The van der Waals surface area contributed by atoms with Gasteiger partial charge in [-0.25, -0.2) is 4.39 Å². The lowest BCUT2D eigenvalue weighted by molar-refractivity contribution is 0.266. The summed E-state index contributed by atoms with van der Waals surface area (Å²) < 4.78 is 18.7. The van der Waals surface area contributed by atoms with Crippen LogP contribution in [0.15, 0.2) is 54.6 Å². The van der Waals surface area contributed by atoms with E-state index >= 15 is 0 Å². The Balaban J connectivity index is 1.98. The van der Waals surface area contributed by atoms with Gasteiger partial charge in [0.15, 0.2) is 0 Å². The highest BCUT2D eigenvalue weighted by atomic mass is 19.1. The highest BCUT2D eigenvalue weighted by molar-refractivity contribution is 5.25. The van der Waals surface area contributed by atoms with E-state index in [9.17, 15) is 4.39 Å². The molecule has 0 radical (unpaired) electrons. The molecule has 2 N–H and O–H groups in total. The molecular weight excluding hydrogens is 253 g/mol. The zero-order valence-corrected chi connectivity index (χ0v) is 11.7. The second kappa shape index (κ2) is 6.53. The van der Waals surface area contributed by atoms with Crippen LogP contribution in [0.25, 0.3) is 0 Å². The third kappa shape index (κ3) is 3.58. The Hall–Kier alpha value is -1.87. The molecule has 0 fully saturated rings. The summed E-state index contributed by atoms with van der Waals surface area (Å²) >= 11 is 0. The summed E-state index contributed by atoms with van der Waals surface area (Å²) in [4.78, 5) is 0. The normalized spacial score (nSPS) is 13.8. The number of halogens is 1. The summed E-state index contributed by atoms with van der Waals surface area (Å²) in [5.41, 5.74) is 7.00.